The molecule has 0 aliphatic rings. The van der Waals surface area contributed by atoms with Crippen LogP contribution in [0.1, 0.15) is 12.5 Å². The Morgan fingerprint density at radius 3 is 2.29 bits per heavy atom. The fourth-order valence-electron chi connectivity index (χ4n) is 2.17. The second-order valence-corrected chi connectivity index (χ2v) is 5.46. The highest BCUT2D eigenvalue weighted by atomic mass is 16.6. The fraction of sp³-hybridized carbons (Fsp3) is 0.167. The van der Waals surface area contributed by atoms with E-state index in [0.29, 0.717) is 22.8 Å². The van der Waals surface area contributed by atoms with E-state index in [1.807, 2.05) is 0 Å². The number of ether oxygens (including phenoxy) is 2. The van der Waals surface area contributed by atoms with E-state index in [2.05, 4.69) is 15.8 Å². The van der Waals surface area contributed by atoms with Gasteiger partial charge >= 0.3 is 11.8 Å². The Morgan fingerprint density at radius 2 is 1.71 bits per heavy atom. The van der Waals surface area contributed by atoms with E-state index < -0.39 is 16.7 Å². The number of anilines is 1. The van der Waals surface area contributed by atoms with Gasteiger partial charge in [0.05, 0.1) is 30.5 Å². The molecule has 0 spiro atoms. The summed E-state index contributed by atoms with van der Waals surface area (Å²) in [6, 6.07) is 10.4. The van der Waals surface area contributed by atoms with Crippen molar-refractivity contribution < 1.29 is 24.0 Å². The summed E-state index contributed by atoms with van der Waals surface area (Å²) in [5, 5.41) is 16.9. The number of amides is 2. The molecule has 10 heteroatoms. The quantitative estimate of drug-likeness (QED) is 0.338. The number of methoxy groups -OCH3 is 2. The summed E-state index contributed by atoms with van der Waals surface area (Å²) in [5.74, 6) is -1.12. The normalized spacial score (nSPS) is 10.8. The topological polar surface area (TPSA) is 132 Å². The molecule has 0 aromatic heterocycles. The van der Waals surface area contributed by atoms with Gasteiger partial charge in [-0.1, -0.05) is 0 Å². The van der Waals surface area contributed by atoms with Gasteiger partial charge < -0.3 is 14.8 Å². The fourth-order valence-corrected chi connectivity index (χ4v) is 2.17. The Balaban J connectivity index is 2.05. The van der Waals surface area contributed by atoms with E-state index in [1.54, 1.807) is 19.1 Å². The smallest absolute Gasteiger partial charge is 0.329 e. The van der Waals surface area contributed by atoms with Crippen LogP contribution in [0.2, 0.25) is 0 Å². The van der Waals surface area contributed by atoms with E-state index in [0.717, 1.165) is 0 Å². The Labute approximate surface area is 160 Å². The maximum absolute atomic E-state index is 12.1. The zero-order valence-electron chi connectivity index (χ0n) is 15.4. The lowest BCUT2D eigenvalue weighted by atomic mass is 10.1. The maximum atomic E-state index is 12.1. The van der Waals surface area contributed by atoms with Crippen LogP contribution in [0.5, 0.6) is 11.5 Å². The van der Waals surface area contributed by atoms with Crippen molar-refractivity contribution in [3.05, 3.63) is 58.1 Å². The summed E-state index contributed by atoms with van der Waals surface area (Å²) in [7, 11) is 2.89. The molecule has 2 amide bonds. The number of carbonyl (C=O) groups is 2. The first-order chi connectivity index (χ1) is 13.3. The number of nitro benzene ring substituents is 1. The summed E-state index contributed by atoms with van der Waals surface area (Å²) in [4.78, 5) is 34.2. The lowest BCUT2D eigenvalue weighted by Gasteiger charge is -2.11. The zero-order chi connectivity index (χ0) is 20.7. The highest BCUT2D eigenvalue weighted by molar-refractivity contribution is 6.39. The van der Waals surface area contributed by atoms with E-state index in [9.17, 15) is 19.7 Å². The average Bonchev–Trinajstić information content (AvgIpc) is 2.71. The number of carbonyl (C=O) groups excluding carboxylic acids is 2. The van der Waals surface area contributed by atoms with Crippen LogP contribution in [0.25, 0.3) is 0 Å². The molecule has 0 saturated heterocycles. The summed E-state index contributed by atoms with van der Waals surface area (Å²) in [5.41, 5.74) is 3.26. The lowest BCUT2D eigenvalue weighted by Crippen LogP contribution is -2.33. The minimum absolute atomic E-state index is 0.0628. The molecule has 146 valence electrons. The highest BCUT2D eigenvalue weighted by Gasteiger charge is 2.16. The van der Waals surface area contributed by atoms with Crippen LogP contribution in [0.4, 0.5) is 11.4 Å². The molecule has 2 aromatic carbocycles. The van der Waals surface area contributed by atoms with Crippen LogP contribution in [0.15, 0.2) is 47.6 Å². The third-order valence-electron chi connectivity index (χ3n) is 3.68. The molecule has 0 bridgehead atoms. The van der Waals surface area contributed by atoms with E-state index in [-0.39, 0.29) is 11.4 Å². The number of nitrogens with zero attached hydrogens (tertiary/aromatic N) is 2. The van der Waals surface area contributed by atoms with Crippen molar-refractivity contribution in [3.8, 4) is 11.5 Å². The Hall–Kier alpha value is -3.95. The molecule has 2 rings (SSSR count). The molecule has 0 radical (unpaired) electrons. The van der Waals surface area contributed by atoms with Crippen molar-refractivity contribution in [2.45, 2.75) is 6.92 Å². The van der Waals surface area contributed by atoms with Crippen LogP contribution in [-0.2, 0) is 9.59 Å². The molecule has 28 heavy (non-hydrogen) atoms. The van der Waals surface area contributed by atoms with Crippen LogP contribution in [0.3, 0.4) is 0 Å². The van der Waals surface area contributed by atoms with Gasteiger partial charge in [-0.2, -0.15) is 5.10 Å². The Morgan fingerprint density at radius 1 is 1.04 bits per heavy atom. The molecule has 0 saturated carbocycles. The van der Waals surface area contributed by atoms with Gasteiger partial charge in [0, 0.05) is 18.2 Å². The number of non-ortho nitro benzene ring substituents is 1. The summed E-state index contributed by atoms with van der Waals surface area (Å²) in [6.45, 7) is 1.59. The van der Waals surface area contributed by atoms with Gasteiger partial charge in [0.1, 0.15) is 11.5 Å². The van der Waals surface area contributed by atoms with Crippen LogP contribution >= 0.6 is 0 Å². The van der Waals surface area contributed by atoms with E-state index >= 15 is 0 Å². The molecular weight excluding hydrogens is 368 g/mol. The number of nitrogens with one attached hydrogen (secondary N) is 2. The number of rotatable bonds is 6. The van der Waals surface area contributed by atoms with Gasteiger partial charge in [0.2, 0.25) is 0 Å². The summed E-state index contributed by atoms with van der Waals surface area (Å²) >= 11 is 0. The van der Waals surface area contributed by atoms with Crippen LogP contribution in [0, 0.1) is 10.1 Å². The number of nitro groups is 1. The van der Waals surface area contributed by atoms with Gasteiger partial charge in [-0.05, 0) is 36.8 Å². The largest absolute Gasteiger partial charge is 0.497 e. The lowest BCUT2D eigenvalue weighted by molar-refractivity contribution is -0.384. The summed E-state index contributed by atoms with van der Waals surface area (Å²) in [6.07, 6.45) is 0. The minimum atomic E-state index is -0.994. The van der Waals surface area contributed by atoms with Crippen molar-refractivity contribution >= 4 is 28.9 Å². The van der Waals surface area contributed by atoms with Crippen LogP contribution in [-0.4, -0.2) is 36.7 Å². The van der Waals surface area contributed by atoms with E-state index in [4.69, 9.17) is 9.47 Å². The molecule has 0 unspecified atom stereocenters. The SMILES string of the molecule is COc1ccc(OC)c(NC(=O)C(=O)N/N=C(\C)c2ccc([N+](=O)[O-])cc2)c1. The predicted octanol–water partition coefficient (Wildman–Crippen LogP) is 2.09. The molecule has 0 aliphatic heterocycles. The Kier molecular flexibility index (Phi) is 6.63. The highest BCUT2D eigenvalue weighted by Crippen LogP contribution is 2.28. The predicted molar refractivity (Wildman–Crippen MR) is 102 cm³/mol. The maximum Gasteiger partial charge on any atom is 0.329 e. The van der Waals surface area contributed by atoms with Crippen molar-refractivity contribution in [2.24, 2.45) is 5.10 Å². The molecular formula is C18H18N4O6. The number of hydrogen-bond donors (Lipinski definition) is 2. The van der Waals surface area contributed by atoms with Crippen molar-refractivity contribution in [2.75, 3.05) is 19.5 Å². The molecule has 2 N–H and O–H groups in total. The minimum Gasteiger partial charge on any atom is -0.497 e. The number of hydrazone groups is 1. The van der Waals surface area contributed by atoms with Gasteiger partial charge in [0.25, 0.3) is 5.69 Å². The third-order valence-corrected chi connectivity index (χ3v) is 3.68. The molecule has 0 atom stereocenters. The molecule has 0 aliphatic carbocycles. The first-order valence-corrected chi connectivity index (χ1v) is 7.98. The molecule has 0 fully saturated rings. The second kappa shape index (κ2) is 9.12. The average molecular weight is 386 g/mol. The summed E-state index contributed by atoms with van der Waals surface area (Å²) < 4.78 is 10.2. The van der Waals surface area contributed by atoms with Crippen molar-refractivity contribution in [3.63, 3.8) is 0 Å². The van der Waals surface area contributed by atoms with Crippen molar-refractivity contribution in [1.29, 1.82) is 0 Å². The Bertz CT molecular complexity index is 924. The first-order valence-electron chi connectivity index (χ1n) is 7.98. The molecule has 0 heterocycles. The number of benzene rings is 2. The molecule has 2 aromatic rings. The second-order valence-electron chi connectivity index (χ2n) is 5.46. The number of hydrogen-bond acceptors (Lipinski definition) is 7. The van der Waals surface area contributed by atoms with Gasteiger partial charge in [-0.25, -0.2) is 5.43 Å². The van der Waals surface area contributed by atoms with Crippen molar-refractivity contribution in [1.82, 2.24) is 5.43 Å². The monoisotopic (exact) mass is 386 g/mol. The van der Waals surface area contributed by atoms with Gasteiger partial charge in [-0.3, -0.25) is 19.7 Å². The zero-order valence-corrected chi connectivity index (χ0v) is 15.4. The van der Waals surface area contributed by atoms with Gasteiger partial charge in [0.15, 0.2) is 0 Å². The first kappa shape index (κ1) is 20.4. The van der Waals surface area contributed by atoms with E-state index in [1.165, 1.54) is 44.6 Å². The van der Waals surface area contributed by atoms with Crippen LogP contribution < -0.4 is 20.2 Å². The third kappa shape index (κ3) is 5.04. The van der Waals surface area contributed by atoms with Gasteiger partial charge in [-0.15, -0.1) is 0 Å². The molecule has 10 nitrogen and oxygen atoms in total. The standard InChI is InChI=1S/C18H18N4O6/c1-11(12-4-6-13(7-5-12)22(25)26)20-21-18(24)17(23)19-15-10-14(27-2)8-9-16(15)28-3/h4-10H,1-3H3,(H,19,23)(H,21,24)/b20-11+.